The fraction of sp³-hybridized carbons (Fsp3) is 0.400. The summed E-state index contributed by atoms with van der Waals surface area (Å²) in [5.74, 6) is 0.322. The van der Waals surface area contributed by atoms with Crippen LogP contribution in [0.15, 0.2) is 29.6 Å². The van der Waals surface area contributed by atoms with E-state index in [-0.39, 0.29) is 52.8 Å². The molecule has 2 aliphatic heterocycles. The molecule has 1 saturated heterocycles. The predicted octanol–water partition coefficient (Wildman–Crippen LogP) is 3.10. The van der Waals surface area contributed by atoms with Crippen LogP contribution in [0.3, 0.4) is 0 Å². The highest BCUT2D eigenvalue weighted by atomic mass is 32.2. The molecule has 0 spiro atoms. The molecular formula is C25H23F3N6O2S. The van der Waals surface area contributed by atoms with E-state index >= 15 is 4.39 Å². The molecule has 8 nitrogen and oxygen atoms in total. The number of thioether (sulfide) groups is 1. The number of aliphatic imine (C=N–C) groups is 1. The number of carbonyl (C=O) groups excluding carboxylic acids is 1. The van der Waals surface area contributed by atoms with Gasteiger partial charge in [0.1, 0.15) is 16.6 Å². The molecule has 1 amide bonds. The quantitative estimate of drug-likeness (QED) is 0.454. The van der Waals surface area contributed by atoms with Gasteiger partial charge in [0.15, 0.2) is 17.6 Å². The molecular weight excluding hydrogens is 505 g/mol. The SMILES string of the molecule is C#CCOc1cnc(/C(F)=C/c2cnc(F)c([C@@]3(C)N=C(N)S[C@@]4(C(=O)N5CC[C@H](F)C5)C[C@H]43)c2)cn1. The molecule has 0 unspecified atom stereocenters. The number of nitrogens with zero attached hydrogens (tertiary/aromatic N) is 5. The number of hydrogen-bond acceptors (Lipinski definition) is 8. The van der Waals surface area contributed by atoms with Crippen molar-refractivity contribution in [2.75, 3.05) is 19.7 Å². The van der Waals surface area contributed by atoms with Crippen molar-refractivity contribution in [1.29, 1.82) is 0 Å². The fourth-order valence-electron chi connectivity index (χ4n) is 4.97. The Kier molecular flexibility index (Phi) is 6.35. The molecule has 2 aromatic heterocycles. The zero-order chi connectivity index (χ0) is 26.4. The summed E-state index contributed by atoms with van der Waals surface area (Å²) in [5.41, 5.74) is 5.19. The highest BCUT2D eigenvalue weighted by Crippen LogP contribution is 2.66. The van der Waals surface area contributed by atoms with Crippen molar-refractivity contribution in [1.82, 2.24) is 19.9 Å². The highest BCUT2D eigenvalue weighted by Gasteiger charge is 2.71. The summed E-state index contributed by atoms with van der Waals surface area (Å²) in [4.78, 5) is 31.1. The van der Waals surface area contributed by atoms with E-state index in [4.69, 9.17) is 16.9 Å². The highest BCUT2D eigenvalue weighted by molar-refractivity contribution is 8.15. The van der Waals surface area contributed by atoms with Crippen LogP contribution in [-0.4, -0.2) is 61.5 Å². The molecule has 4 atom stereocenters. The summed E-state index contributed by atoms with van der Waals surface area (Å²) in [6.07, 6.45) is 9.52. The minimum Gasteiger partial charge on any atom is -0.463 e. The van der Waals surface area contributed by atoms with Gasteiger partial charge in [-0.1, -0.05) is 17.7 Å². The molecule has 1 saturated carbocycles. The number of hydrogen-bond donors (Lipinski definition) is 1. The molecule has 2 fully saturated rings. The molecule has 0 bridgehead atoms. The van der Waals surface area contributed by atoms with Crippen molar-refractivity contribution in [3.63, 3.8) is 0 Å². The molecule has 37 heavy (non-hydrogen) atoms. The van der Waals surface area contributed by atoms with Gasteiger partial charge in [-0.25, -0.2) is 23.7 Å². The number of rotatable bonds is 6. The average molecular weight is 529 g/mol. The minimum atomic E-state index is -1.22. The topological polar surface area (TPSA) is 107 Å². The van der Waals surface area contributed by atoms with Crippen molar-refractivity contribution < 1.29 is 22.7 Å². The Bertz CT molecular complexity index is 1350. The molecule has 2 aromatic rings. The lowest BCUT2D eigenvalue weighted by Crippen LogP contribution is -2.45. The number of alkyl halides is 1. The molecule has 4 heterocycles. The molecule has 12 heteroatoms. The first kappa shape index (κ1) is 25.1. The van der Waals surface area contributed by atoms with Crippen LogP contribution in [0.4, 0.5) is 13.2 Å². The van der Waals surface area contributed by atoms with Crippen molar-refractivity contribution in [3.8, 4) is 18.2 Å². The molecule has 1 aliphatic carbocycles. The van der Waals surface area contributed by atoms with Crippen molar-refractivity contribution in [3.05, 3.63) is 47.4 Å². The van der Waals surface area contributed by atoms with Gasteiger partial charge in [0.05, 0.1) is 24.5 Å². The summed E-state index contributed by atoms with van der Waals surface area (Å²) >= 11 is 1.14. The number of amidine groups is 1. The summed E-state index contributed by atoms with van der Waals surface area (Å²) < 4.78 is 47.9. The molecule has 5 rings (SSSR count). The second-order valence-corrected chi connectivity index (χ2v) is 10.7. The smallest absolute Gasteiger partial charge is 0.239 e. The number of terminal acetylenes is 1. The Morgan fingerprint density at radius 1 is 1.38 bits per heavy atom. The maximum Gasteiger partial charge on any atom is 0.239 e. The Labute approximate surface area is 215 Å². The first-order chi connectivity index (χ1) is 17.7. The second kappa shape index (κ2) is 9.37. The monoisotopic (exact) mass is 528 g/mol. The third-order valence-corrected chi connectivity index (χ3v) is 8.16. The molecule has 192 valence electrons. The van der Waals surface area contributed by atoms with E-state index in [1.165, 1.54) is 29.6 Å². The largest absolute Gasteiger partial charge is 0.463 e. The third-order valence-electron chi connectivity index (χ3n) is 6.87. The van der Waals surface area contributed by atoms with Gasteiger partial charge in [0.25, 0.3) is 0 Å². The van der Waals surface area contributed by atoms with Crippen LogP contribution < -0.4 is 10.5 Å². The van der Waals surface area contributed by atoms with Crippen LogP contribution in [0, 0.1) is 24.2 Å². The van der Waals surface area contributed by atoms with E-state index in [0.29, 0.717) is 19.4 Å². The first-order valence-corrected chi connectivity index (χ1v) is 12.4. The van der Waals surface area contributed by atoms with E-state index in [9.17, 15) is 13.6 Å². The number of aromatic nitrogens is 3. The van der Waals surface area contributed by atoms with Gasteiger partial charge in [-0.15, -0.1) is 6.42 Å². The maximum absolute atomic E-state index is 15.1. The van der Waals surface area contributed by atoms with Gasteiger partial charge in [0, 0.05) is 24.2 Å². The number of carbonyl (C=O) groups is 1. The number of ether oxygens (including phenoxy) is 1. The molecule has 0 radical (unpaired) electrons. The van der Waals surface area contributed by atoms with E-state index in [2.05, 4.69) is 25.9 Å². The normalized spacial score (nSPS) is 28.8. The van der Waals surface area contributed by atoms with Crippen molar-refractivity contribution in [2.24, 2.45) is 16.6 Å². The lowest BCUT2D eigenvalue weighted by molar-refractivity contribution is -0.131. The predicted molar refractivity (Wildman–Crippen MR) is 133 cm³/mol. The van der Waals surface area contributed by atoms with E-state index < -0.39 is 28.2 Å². The zero-order valence-electron chi connectivity index (χ0n) is 19.8. The average Bonchev–Trinajstić information content (AvgIpc) is 3.48. The van der Waals surface area contributed by atoms with Crippen LogP contribution in [0.1, 0.15) is 36.6 Å². The minimum absolute atomic E-state index is 0.00290. The fourth-order valence-corrected chi connectivity index (χ4v) is 6.42. The molecule has 3 aliphatic rings. The number of pyridine rings is 1. The van der Waals surface area contributed by atoms with Crippen molar-refractivity contribution >= 4 is 34.7 Å². The van der Waals surface area contributed by atoms with E-state index in [1.807, 2.05) is 0 Å². The number of fused-ring (bicyclic) bond motifs is 1. The Hall–Kier alpha value is -3.59. The summed E-state index contributed by atoms with van der Waals surface area (Å²) in [6.45, 7) is 2.06. The van der Waals surface area contributed by atoms with Gasteiger partial charge >= 0.3 is 0 Å². The Balaban J connectivity index is 1.43. The number of likely N-dealkylation sites (tertiary alicyclic amines) is 1. The zero-order valence-corrected chi connectivity index (χ0v) is 20.6. The first-order valence-electron chi connectivity index (χ1n) is 11.6. The van der Waals surface area contributed by atoms with Crippen LogP contribution in [0.5, 0.6) is 5.88 Å². The summed E-state index contributed by atoms with van der Waals surface area (Å²) in [7, 11) is 0. The van der Waals surface area contributed by atoms with Crippen molar-refractivity contribution in [2.45, 2.75) is 36.2 Å². The Morgan fingerprint density at radius 2 is 2.19 bits per heavy atom. The van der Waals surface area contributed by atoms with E-state index in [0.717, 1.165) is 17.8 Å². The molecule has 0 aromatic carbocycles. The van der Waals surface area contributed by atoms with Gasteiger partial charge in [-0.2, -0.15) is 4.39 Å². The summed E-state index contributed by atoms with van der Waals surface area (Å²) in [6, 6.07) is 1.44. The lowest BCUT2D eigenvalue weighted by Gasteiger charge is -2.34. The van der Waals surface area contributed by atoms with Crippen LogP contribution in [-0.2, 0) is 10.3 Å². The second-order valence-electron chi connectivity index (χ2n) is 9.31. The third kappa shape index (κ3) is 4.52. The van der Waals surface area contributed by atoms with Crippen LogP contribution >= 0.6 is 11.8 Å². The van der Waals surface area contributed by atoms with E-state index in [1.54, 1.807) is 6.92 Å². The van der Waals surface area contributed by atoms with Gasteiger partial charge in [-0.05, 0) is 37.5 Å². The van der Waals surface area contributed by atoms with Gasteiger partial charge < -0.3 is 15.4 Å². The van der Waals surface area contributed by atoms with Crippen LogP contribution in [0.25, 0.3) is 11.9 Å². The lowest BCUT2D eigenvalue weighted by atomic mass is 9.86. The number of nitrogens with two attached hydrogens (primary N) is 1. The van der Waals surface area contributed by atoms with Gasteiger partial charge in [-0.3, -0.25) is 9.79 Å². The maximum atomic E-state index is 15.1. The standard InChI is InChI=1S/C25H23F3N6O2S/c1-3-6-36-20-12-30-18(11-31-20)17(27)8-14-7-16(21(28)32-10-14)24(2)19-9-25(19,37-23(29)33-24)22(35)34-5-4-15(26)13-34/h1,7-8,10-12,15,19H,4-6,9,13H2,2H3,(H2,29,33)/b17-8-/t15-,19-,24+,25-/m0/s1. The Morgan fingerprint density at radius 3 is 2.86 bits per heavy atom. The molecule has 2 N–H and O–H groups in total. The number of halogens is 3. The summed E-state index contributed by atoms with van der Waals surface area (Å²) in [5, 5.41) is 0.134. The van der Waals surface area contributed by atoms with Gasteiger partial charge in [0.2, 0.25) is 17.7 Å². The van der Waals surface area contributed by atoms with Crippen LogP contribution in [0.2, 0.25) is 0 Å². The number of amides is 1.